The van der Waals surface area contributed by atoms with Crippen LogP contribution in [-0.4, -0.2) is 36.9 Å². The second kappa shape index (κ2) is 6.92. The molecule has 1 heterocycles. The topological polar surface area (TPSA) is 72.6 Å². The number of primary amides is 1. The van der Waals surface area contributed by atoms with Crippen molar-refractivity contribution in [1.82, 2.24) is 4.90 Å². The highest BCUT2D eigenvalue weighted by atomic mass is 16.5. The highest BCUT2D eigenvalue weighted by molar-refractivity contribution is 5.92. The molecule has 1 fully saturated rings. The second-order valence-corrected chi connectivity index (χ2v) is 5.11. The number of carbonyl (C=O) groups is 2. The fourth-order valence-electron chi connectivity index (χ4n) is 2.37. The summed E-state index contributed by atoms with van der Waals surface area (Å²) in [4.78, 5) is 24.9. The number of carbonyl (C=O) groups excluding carboxylic acids is 2. The van der Waals surface area contributed by atoms with Crippen LogP contribution in [0.3, 0.4) is 0 Å². The van der Waals surface area contributed by atoms with E-state index in [9.17, 15) is 9.59 Å². The van der Waals surface area contributed by atoms with Gasteiger partial charge < -0.3 is 15.4 Å². The van der Waals surface area contributed by atoms with Gasteiger partial charge in [-0.25, -0.2) is 0 Å². The molecule has 1 aromatic carbocycles. The summed E-state index contributed by atoms with van der Waals surface area (Å²) in [6.45, 7) is 1.17. The van der Waals surface area contributed by atoms with E-state index in [1.807, 2.05) is 24.3 Å². The zero-order valence-corrected chi connectivity index (χ0v) is 12.1. The average molecular weight is 288 g/mol. The molecule has 112 valence electrons. The van der Waals surface area contributed by atoms with Crippen LogP contribution in [0.1, 0.15) is 18.4 Å². The Morgan fingerprint density at radius 2 is 1.86 bits per heavy atom. The first-order valence-electron chi connectivity index (χ1n) is 7.00. The number of piperidine rings is 1. The largest absolute Gasteiger partial charge is 0.497 e. The Morgan fingerprint density at radius 1 is 1.24 bits per heavy atom. The first-order valence-corrected chi connectivity index (χ1v) is 7.00. The van der Waals surface area contributed by atoms with Crippen molar-refractivity contribution in [3.63, 3.8) is 0 Å². The predicted molar refractivity (Wildman–Crippen MR) is 80.5 cm³/mol. The molecule has 1 aliphatic heterocycles. The number of methoxy groups -OCH3 is 1. The number of likely N-dealkylation sites (tertiary alicyclic amines) is 1. The summed E-state index contributed by atoms with van der Waals surface area (Å²) < 4.78 is 5.08. The van der Waals surface area contributed by atoms with Crippen molar-refractivity contribution in [2.45, 2.75) is 12.8 Å². The molecule has 5 nitrogen and oxygen atoms in total. The third kappa shape index (κ3) is 4.08. The molecule has 1 saturated heterocycles. The van der Waals surface area contributed by atoms with E-state index in [1.165, 1.54) is 0 Å². The highest BCUT2D eigenvalue weighted by Crippen LogP contribution is 2.17. The van der Waals surface area contributed by atoms with Crippen molar-refractivity contribution in [1.29, 1.82) is 0 Å². The lowest BCUT2D eigenvalue weighted by molar-refractivity contribution is -0.130. The molecule has 0 radical (unpaired) electrons. The van der Waals surface area contributed by atoms with E-state index in [0.717, 1.165) is 11.3 Å². The molecule has 0 spiro atoms. The Bertz CT molecular complexity index is 529. The number of nitrogens with two attached hydrogens (primary N) is 1. The maximum atomic E-state index is 12.1. The van der Waals surface area contributed by atoms with Crippen LogP contribution in [0, 0.1) is 5.92 Å². The van der Waals surface area contributed by atoms with Crippen molar-refractivity contribution < 1.29 is 14.3 Å². The molecule has 21 heavy (non-hydrogen) atoms. The predicted octanol–water partition coefficient (Wildman–Crippen LogP) is 1.43. The average Bonchev–Trinajstić information content (AvgIpc) is 2.53. The van der Waals surface area contributed by atoms with Gasteiger partial charge in [0.25, 0.3) is 0 Å². The Labute approximate surface area is 124 Å². The summed E-state index contributed by atoms with van der Waals surface area (Å²) in [6.07, 6.45) is 4.64. The smallest absolute Gasteiger partial charge is 0.246 e. The zero-order chi connectivity index (χ0) is 15.2. The van der Waals surface area contributed by atoms with Gasteiger partial charge in [-0.1, -0.05) is 12.1 Å². The molecule has 0 atom stereocenters. The molecule has 2 rings (SSSR count). The molecular formula is C16H20N2O3. The van der Waals surface area contributed by atoms with Gasteiger partial charge in [0.2, 0.25) is 11.8 Å². The van der Waals surface area contributed by atoms with Crippen LogP contribution in [0.25, 0.3) is 6.08 Å². The summed E-state index contributed by atoms with van der Waals surface area (Å²) in [5, 5.41) is 0. The van der Waals surface area contributed by atoms with Crippen LogP contribution in [-0.2, 0) is 9.59 Å². The van der Waals surface area contributed by atoms with Crippen LogP contribution in [0.5, 0.6) is 5.75 Å². The molecule has 2 amide bonds. The van der Waals surface area contributed by atoms with Crippen molar-refractivity contribution >= 4 is 17.9 Å². The number of benzene rings is 1. The molecule has 1 aromatic rings. The SMILES string of the molecule is COc1ccc(C=CC(=O)N2CCC(C(N)=O)CC2)cc1. The minimum absolute atomic E-state index is 0.0336. The summed E-state index contributed by atoms with van der Waals surface area (Å²) in [5.74, 6) is 0.385. The Morgan fingerprint density at radius 3 is 2.38 bits per heavy atom. The van der Waals surface area contributed by atoms with E-state index >= 15 is 0 Å². The number of amides is 2. The van der Waals surface area contributed by atoms with Crippen molar-refractivity contribution in [3.05, 3.63) is 35.9 Å². The molecule has 2 N–H and O–H groups in total. The highest BCUT2D eigenvalue weighted by Gasteiger charge is 2.24. The van der Waals surface area contributed by atoms with E-state index in [1.54, 1.807) is 24.2 Å². The van der Waals surface area contributed by atoms with Crippen LogP contribution in [0.2, 0.25) is 0 Å². The molecule has 5 heteroatoms. The third-order valence-corrected chi connectivity index (χ3v) is 3.74. The van der Waals surface area contributed by atoms with Gasteiger partial charge in [-0.3, -0.25) is 9.59 Å². The maximum absolute atomic E-state index is 12.1. The number of hydrogen-bond donors (Lipinski definition) is 1. The fraction of sp³-hybridized carbons (Fsp3) is 0.375. The van der Waals surface area contributed by atoms with E-state index in [2.05, 4.69) is 0 Å². The van der Waals surface area contributed by atoms with E-state index < -0.39 is 0 Å². The summed E-state index contributed by atoms with van der Waals surface area (Å²) in [5.41, 5.74) is 6.22. The lowest BCUT2D eigenvalue weighted by Gasteiger charge is -2.29. The zero-order valence-electron chi connectivity index (χ0n) is 12.1. The van der Waals surface area contributed by atoms with E-state index in [0.29, 0.717) is 25.9 Å². The lowest BCUT2D eigenvalue weighted by atomic mass is 9.96. The van der Waals surface area contributed by atoms with Crippen molar-refractivity contribution in [2.24, 2.45) is 11.7 Å². The fourth-order valence-corrected chi connectivity index (χ4v) is 2.37. The normalized spacial score (nSPS) is 16.1. The van der Waals surface area contributed by atoms with Crippen LogP contribution >= 0.6 is 0 Å². The van der Waals surface area contributed by atoms with Gasteiger partial charge in [0.1, 0.15) is 5.75 Å². The first kappa shape index (κ1) is 15.1. The summed E-state index contributed by atoms with van der Waals surface area (Å²) >= 11 is 0. The van der Waals surface area contributed by atoms with Crippen molar-refractivity contribution in [2.75, 3.05) is 20.2 Å². The number of nitrogens with zero attached hydrogens (tertiary/aromatic N) is 1. The van der Waals surface area contributed by atoms with Crippen LogP contribution in [0.4, 0.5) is 0 Å². The van der Waals surface area contributed by atoms with Crippen LogP contribution in [0.15, 0.2) is 30.3 Å². The maximum Gasteiger partial charge on any atom is 0.246 e. The van der Waals surface area contributed by atoms with Gasteiger partial charge in [0, 0.05) is 25.1 Å². The van der Waals surface area contributed by atoms with E-state index in [-0.39, 0.29) is 17.7 Å². The standard InChI is InChI=1S/C16H20N2O3/c1-21-14-5-2-12(3-6-14)4-7-15(19)18-10-8-13(9-11-18)16(17)20/h2-7,13H,8-11H2,1H3,(H2,17,20). The molecule has 0 saturated carbocycles. The Kier molecular flexibility index (Phi) is 4.98. The van der Waals surface area contributed by atoms with Gasteiger partial charge >= 0.3 is 0 Å². The molecule has 0 bridgehead atoms. The Hall–Kier alpha value is -2.30. The number of rotatable bonds is 4. The third-order valence-electron chi connectivity index (χ3n) is 3.74. The number of ether oxygens (including phenoxy) is 1. The molecule has 0 aromatic heterocycles. The van der Waals surface area contributed by atoms with Crippen LogP contribution < -0.4 is 10.5 Å². The van der Waals surface area contributed by atoms with Gasteiger partial charge in [0.15, 0.2) is 0 Å². The van der Waals surface area contributed by atoms with Gasteiger partial charge in [-0.15, -0.1) is 0 Å². The quantitative estimate of drug-likeness (QED) is 0.852. The van der Waals surface area contributed by atoms with Gasteiger partial charge in [-0.05, 0) is 36.6 Å². The monoisotopic (exact) mass is 288 g/mol. The molecule has 0 aliphatic carbocycles. The molecule has 0 unspecified atom stereocenters. The number of hydrogen-bond acceptors (Lipinski definition) is 3. The van der Waals surface area contributed by atoms with E-state index in [4.69, 9.17) is 10.5 Å². The lowest BCUT2D eigenvalue weighted by Crippen LogP contribution is -2.41. The summed E-state index contributed by atoms with van der Waals surface area (Å²) in [7, 11) is 1.62. The molecule has 1 aliphatic rings. The second-order valence-electron chi connectivity index (χ2n) is 5.11. The summed E-state index contributed by atoms with van der Waals surface area (Å²) in [6, 6.07) is 7.48. The van der Waals surface area contributed by atoms with Crippen molar-refractivity contribution in [3.8, 4) is 5.75 Å². The first-order chi connectivity index (χ1) is 10.1. The molecular weight excluding hydrogens is 268 g/mol. The Balaban J connectivity index is 1.89. The van der Waals surface area contributed by atoms with Gasteiger partial charge in [-0.2, -0.15) is 0 Å². The van der Waals surface area contributed by atoms with Gasteiger partial charge in [0.05, 0.1) is 7.11 Å². The minimum atomic E-state index is -0.268. The minimum Gasteiger partial charge on any atom is -0.497 e.